The molecule has 0 aromatic heterocycles. The monoisotopic (exact) mass is 390 g/mol. The Balaban J connectivity index is 1.72. The zero-order chi connectivity index (χ0) is 17.2. The first-order valence-electron chi connectivity index (χ1n) is 7.63. The molecular formula is C18H19BrN2O3. The number of carbonyl (C=O) groups is 1. The van der Waals surface area contributed by atoms with Gasteiger partial charge < -0.3 is 20.1 Å². The largest absolute Gasteiger partial charge is 0.493 e. The number of rotatable bonds is 5. The van der Waals surface area contributed by atoms with Crippen molar-refractivity contribution >= 4 is 27.6 Å². The van der Waals surface area contributed by atoms with Gasteiger partial charge in [-0.05, 0) is 54.8 Å². The summed E-state index contributed by atoms with van der Waals surface area (Å²) in [7, 11) is 3.21. The summed E-state index contributed by atoms with van der Waals surface area (Å²) in [5, 5.41) is 5.94. The second-order valence-corrected chi connectivity index (χ2v) is 6.65. The molecule has 6 heteroatoms. The molecule has 1 fully saturated rings. The Bertz CT molecular complexity index is 742. The fraction of sp³-hybridized carbons (Fsp3) is 0.278. The molecule has 2 aromatic rings. The van der Waals surface area contributed by atoms with Gasteiger partial charge in [-0.3, -0.25) is 0 Å². The van der Waals surface area contributed by atoms with Crippen molar-refractivity contribution in [3.05, 3.63) is 52.5 Å². The molecule has 2 amide bonds. The van der Waals surface area contributed by atoms with Crippen LogP contribution in [0.2, 0.25) is 0 Å². The van der Waals surface area contributed by atoms with Gasteiger partial charge in [0.15, 0.2) is 11.5 Å². The number of nitrogens with one attached hydrogen (secondary N) is 2. The van der Waals surface area contributed by atoms with Gasteiger partial charge in [0, 0.05) is 10.2 Å². The summed E-state index contributed by atoms with van der Waals surface area (Å²) in [6.07, 6.45) is 1.80. The van der Waals surface area contributed by atoms with Gasteiger partial charge in [-0.25, -0.2) is 4.79 Å². The van der Waals surface area contributed by atoms with Crippen LogP contribution in [0.4, 0.5) is 10.5 Å². The van der Waals surface area contributed by atoms with E-state index in [1.807, 2.05) is 42.5 Å². The molecule has 0 spiro atoms. The highest BCUT2D eigenvalue weighted by atomic mass is 79.9. The first-order chi connectivity index (χ1) is 11.6. The fourth-order valence-electron chi connectivity index (χ4n) is 2.66. The average Bonchev–Trinajstić information content (AvgIpc) is 3.36. The second-order valence-electron chi connectivity index (χ2n) is 5.74. The molecule has 0 saturated heterocycles. The van der Waals surface area contributed by atoms with Gasteiger partial charge in [-0.2, -0.15) is 0 Å². The lowest BCUT2D eigenvalue weighted by Crippen LogP contribution is -2.38. The van der Waals surface area contributed by atoms with E-state index in [-0.39, 0.29) is 11.6 Å². The van der Waals surface area contributed by atoms with Gasteiger partial charge in [-0.15, -0.1) is 0 Å². The van der Waals surface area contributed by atoms with Crippen molar-refractivity contribution < 1.29 is 14.3 Å². The number of urea groups is 1. The number of hydrogen-bond acceptors (Lipinski definition) is 3. The average molecular weight is 391 g/mol. The maximum absolute atomic E-state index is 12.3. The molecule has 2 N–H and O–H groups in total. The molecule has 0 radical (unpaired) electrons. The maximum Gasteiger partial charge on any atom is 0.319 e. The molecular weight excluding hydrogens is 372 g/mol. The zero-order valence-corrected chi connectivity index (χ0v) is 15.1. The number of ether oxygens (including phenoxy) is 2. The lowest BCUT2D eigenvalue weighted by atomic mass is 10.0. The highest BCUT2D eigenvalue weighted by molar-refractivity contribution is 9.10. The number of amides is 2. The predicted molar refractivity (Wildman–Crippen MR) is 96.8 cm³/mol. The first-order valence-corrected chi connectivity index (χ1v) is 8.43. The van der Waals surface area contributed by atoms with Gasteiger partial charge in [-0.1, -0.05) is 22.0 Å². The van der Waals surface area contributed by atoms with E-state index in [4.69, 9.17) is 9.47 Å². The lowest BCUT2D eigenvalue weighted by Gasteiger charge is -2.20. The summed E-state index contributed by atoms with van der Waals surface area (Å²) in [5.74, 6) is 1.34. The third kappa shape index (κ3) is 3.48. The van der Waals surface area contributed by atoms with Crippen LogP contribution in [0.1, 0.15) is 18.4 Å². The summed E-state index contributed by atoms with van der Waals surface area (Å²) in [5.41, 5.74) is 1.43. The van der Waals surface area contributed by atoms with Gasteiger partial charge in [0.1, 0.15) is 0 Å². The molecule has 5 nitrogen and oxygen atoms in total. The lowest BCUT2D eigenvalue weighted by molar-refractivity contribution is 0.247. The molecule has 0 unspecified atom stereocenters. The normalized spacial score (nSPS) is 14.6. The van der Waals surface area contributed by atoms with Crippen LogP contribution in [0.15, 0.2) is 46.9 Å². The minimum atomic E-state index is -0.334. The Morgan fingerprint density at radius 3 is 2.29 bits per heavy atom. The quantitative estimate of drug-likeness (QED) is 0.800. The highest BCUT2D eigenvalue weighted by Gasteiger charge is 2.46. The number of anilines is 1. The number of carbonyl (C=O) groups excluding carboxylic acids is 1. The van der Waals surface area contributed by atoms with E-state index < -0.39 is 0 Å². The van der Waals surface area contributed by atoms with Crippen LogP contribution in [0, 0.1) is 0 Å². The molecule has 3 rings (SSSR count). The number of hydrogen-bond donors (Lipinski definition) is 2. The maximum atomic E-state index is 12.3. The summed E-state index contributed by atoms with van der Waals surface area (Å²) >= 11 is 3.38. The van der Waals surface area contributed by atoms with Crippen molar-refractivity contribution in [3.63, 3.8) is 0 Å². The second kappa shape index (κ2) is 6.73. The van der Waals surface area contributed by atoms with E-state index in [0.717, 1.165) is 28.6 Å². The molecule has 126 valence electrons. The molecule has 0 atom stereocenters. The van der Waals surface area contributed by atoms with Crippen LogP contribution in [0.25, 0.3) is 0 Å². The van der Waals surface area contributed by atoms with Crippen molar-refractivity contribution in [2.24, 2.45) is 0 Å². The SMILES string of the molecule is COc1ccc(C2(NC(=O)Nc3ccc(Br)cc3)CC2)cc1OC. The van der Waals surface area contributed by atoms with Gasteiger partial charge in [0.2, 0.25) is 0 Å². The minimum Gasteiger partial charge on any atom is -0.493 e. The van der Waals surface area contributed by atoms with E-state index >= 15 is 0 Å². The van der Waals surface area contributed by atoms with Crippen LogP contribution < -0.4 is 20.1 Å². The molecule has 1 aliphatic rings. The van der Waals surface area contributed by atoms with Crippen LogP contribution in [-0.2, 0) is 5.54 Å². The molecule has 24 heavy (non-hydrogen) atoms. The Labute approximate surface area is 149 Å². The molecule has 0 heterocycles. The predicted octanol–water partition coefficient (Wildman–Crippen LogP) is 4.28. The van der Waals surface area contributed by atoms with Gasteiger partial charge in [0.05, 0.1) is 19.8 Å². The van der Waals surface area contributed by atoms with Crippen LogP contribution in [-0.4, -0.2) is 20.3 Å². The first kappa shape index (κ1) is 16.6. The van der Waals surface area contributed by atoms with Crippen molar-refractivity contribution in [1.29, 1.82) is 0 Å². The summed E-state index contributed by atoms with van der Waals surface area (Å²) < 4.78 is 11.6. The topological polar surface area (TPSA) is 59.6 Å². The zero-order valence-electron chi connectivity index (χ0n) is 13.6. The molecule has 1 saturated carbocycles. The number of benzene rings is 2. The van der Waals surface area contributed by atoms with Crippen molar-refractivity contribution in [1.82, 2.24) is 5.32 Å². The Hall–Kier alpha value is -2.21. The Kier molecular flexibility index (Phi) is 4.66. The summed E-state index contributed by atoms with van der Waals surface area (Å²) in [4.78, 5) is 12.3. The third-order valence-electron chi connectivity index (χ3n) is 4.14. The van der Waals surface area contributed by atoms with Gasteiger partial charge in [0.25, 0.3) is 0 Å². The molecule has 0 bridgehead atoms. The third-order valence-corrected chi connectivity index (χ3v) is 4.67. The van der Waals surface area contributed by atoms with Gasteiger partial charge >= 0.3 is 6.03 Å². The van der Waals surface area contributed by atoms with Crippen LogP contribution in [0.5, 0.6) is 11.5 Å². The number of halogens is 1. The Morgan fingerprint density at radius 2 is 1.71 bits per heavy atom. The smallest absolute Gasteiger partial charge is 0.319 e. The molecule has 1 aliphatic carbocycles. The molecule has 0 aliphatic heterocycles. The fourth-order valence-corrected chi connectivity index (χ4v) is 2.92. The van der Waals surface area contributed by atoms with Crippen LogP contribution in [0.3, 0.4) is 0 Å². The standard InChI is InChI=1S/C18H19BrN2O3/c1-23-15-8-3-12(11-16(15)24-2)18(9-10-18)21-17(22)20-14-6-4-13(19)5-7-14/h3-8,11H,9-10H2,1-2H3,(H2,20,21,22). The number of methoxy groups -OCH3 is 2. The van der Waals surface area contributed by atoms with E-state index in [0.29, 0.717) is 11.5 Å². The summed E-state index contributed by atoms with van der Waals surface area (Å²) in [6.45, 7) is 0. The van der Waals surface area contributed by atoms with E-state index in [2.05, 4.69) is 26.6 Å². The van der Waals surface area contributed by atoms with Crippen LogP contribution >= 0.6 is 15.9 Å². The van der Waals surface area contributed by atoms with E-state index in [9.17, 15) is 4.79 Å². The van der Waals surface area contributed by atoms with Crippen molar-refractivity contribution in [2.45, 2.75) is 18.4 Å². The minimum absolute atomic E-state index is 0.218. The molecule has 2 aromatic carbocycles. The van der Waals surface area contributed by atoms with Crippen molar-refractivity contribution in [3.8, 4) is 11.5 Å². The Morgan fingerprint density at radius 1 is 1.04 bits per heavy atom. The van der Waals surface area contributed by atoms with E-state index in [1.54, 1.807) is 14.2 Å². The van der Waals surface area contributed by atoms with E-state index in [1.165, 1.54) is 0 Å². The van der Waals surface area contributed by atoms with Crippen molar-refractivity contribution in [2.75, 3.05) is 19.5 Å². The summed E-state index contributed by atoms with van der Waals surface area (Å²) in [6, 6.07) is 13.0. The highest BCUT2D eigenvalue weighted by Crippen LogP contribution is 2.47.